The largest absolute Gasteiger partial charge is 0.354 e. The van der Waals surface area contributed by atoms with Gasteiger partial charge in [0.2, 0.25) is 11.8 Å². The Bertz CT molecular complexity index is 938. The number of urea groups is 1. The molecule has 1 saturated carbocycles. The molecule has 4 rings (SSSR count). The van der Waals surface area contributed by atoms with Gasteiger partial charge in [-0.25, -0.2) is 9.18 Å². The second-order valence-electron chi connectivity index (χ2n) is 9.67. The predicted octanol–water partition coefficient (Wildman–Crippen LogP) is 3.07. The topological polar surface area (TPSA) is 85.0 Å². The van der Waals surface area contributed by atoms with Gasteiger partial charge >= 0.3 is 6.03 Å². The van der Waals surface area contributed by atoms with Gasteiger partial charge in [0.1, 0.15) is 5.82 Å². The zero-order chi connectivity index (χ0) is 24.0. The number of hydrazine groups is 1. The molecule has 0 bridgehead atoms. The average molecular weight is 480 g/mol. The normalized spacial score (nSPS) is 27.3. The molecule has 0 radical (unpaired) electrons. The molecule has 2 N–H and O–H groups in total. The Kier molecular flexibility index (Phi) is 6.55. The summed E-state index contributed by atoms with van der Waals surface area (Å²) in [4.78, 5) is 43.0. The number of halogens is 2. The summed E-state index contributed by atoms with van der Waals surface area (Å²) in [7, 11) is 0. The van der Waals surface area contributed by atoms with Crippen LogP contribution < -0.4 is 10.7 Å². The van der Waals surface area contributed by atoms with Gasteiger partial charge in [-0.15, -0.1) is 0 Å². The minimum Gasteiger partial charge on any atom is -0.354 e. The Balaban J connectivity index is 1.63. The molecule has 33 heavy (non-hydrogen) atoms. The van der Waals surface area contributed by atoms with E-state index in [0.717, 1.165) is 0 Å². The Morgan fingerprint density at radius 3 is 2.61 bits per heavy atom. The van der Waals surface area contributed by atoms with E-state index in [0.29, 0.717) is 19.3 Å². The molecule has 3 fully saturated rings. The maximum atomic E-state index is 14.4. The highest BCUT2D eigenvalue weighted by Crippen LogP contribution is 2.41. The number of nitrogens with one attached hydrogen (secondary N) is 2. The zero-order valence-corrected chi connectivity index (χ0v) is 20.1. The molecule has 1 aromatic rings. The van der Waals surface area contributed by atoms with Gasteiger partial charge in [-0.1, -0.05) is 17.7 Å². The Labute approximate surface area is 198 Å². The zero-order valence-electron chi connectivity index (χ0n) is 19.3. The molecule has 3 aliphatic rings. The molecule has 0 aromatic heterocycles. The fourth-order valence-electron chi connectivity index (χ4n) is 5.21. The summed E-state index contributed by atoms with van der Waals surface area (Å²) >= 11 is 6.19. The summed E-state index contributed by atoms with van der Waals surface area (Å²) < 4.78 is 14.4. The molecule has 1 aliphatic carbocycles. The van der Waals surface area contributed by atoms with Crippen molar-refractivity contribution in [2.75, 3.05) is 0 Å². The lowest BCUT2D eigenvalue weighted by Gasteiger charge is -2.51. The number of amides is 4. The second kappa shape index (κ2) is 9.10. The molecule has 2 aliphatic heterocycles. The lowest BCUT2D eigenvalue weighted by atomic mass is 9.75. The quantitative estimate of drug-likeness (QED) is 0.679. The molecule has 4 amide bonds. The number of hydrogen-bond donors (Lipinski definition) is 2. The van der Waals surface area contributed by atoms with Crippen LogP contribution >= 0.6 is 11.6 Å². The first-order valence-electron chi connectivity index (χ1n) is 11.5. The van der Waals surface area contributed by atoms with Crippen LogP contribution in [0, 0.1) is 17.7 Å². The van der Waals surface area contributed by atoms with Crippen molar-refractivity contribution in [3.8, 4) is 0 Å². The molecule has 2 heterocycles. The Morgan fingerprint density at radius 2 is 1.97 bits per heavy atom. The monoisotopic (exact) mass is 479 g/mol. The summed E-state index contributed by atoms with van der Waals surface area (Å²) in [5.74, 6) is -1.21. The van der Waals surface area contributed by atoms with Gasteiger partial charge in [-0.2, -0.15) is 5.43 Å². The van der Waals surface area contributed by atoms with Crippen LogP contribution in [0.15, 0.2) is 18.2 Å². The summed E-state index contributed by atoms with van der Waals surface area (Å²) in [5.41, 5.74) is 3.31. The predicted molar refractivity (Wildman–Crippen MR) is 121 cm³/mol. The van der Waals surface area contributed by atoms with Gasteiger partial charge in [0, 0.05) is 34.6 Å². The smallest absolute Gasteiger partial charge is 0.337 e. The lowest BCUT2D eigenvalue weighted by Crippen LogP contribution is -2.68. The number of rotatable bonds is 5. The van der Waals surface area contributed by atoms with Crippen LogP contribution in [0.3, 0.4) is 0 Å². The van der Waals surface area contributed by atoms with E-state index in [1.54, 1.807) is 15.9 Å². The first-order chi connectivity index (χ1) is 15.6. The highest BCUT2D eigenvalue weighted by atomic mass is 35.5. The molecule has 4 atom stereocenters. The molecule has 2 saturated heterocycles. The summed E-state index contributed by atoms with van der Waals surface area (Å²) in [6.07, 6.45) is 0.868. The summed E-state index contributed by atoms with van der Waals surface area (Å²) in [6.45, 7) is 7.54. The average Bonchev–Trinajstić information content (AvgIpc) is 3.05. The summed E-state index contributed by atoms with van der Waals surface area (Å²) in [5, 5.41) is 4.50. The van der Waals surface area contributed by atoms with E-state index < -0.39 is 18.1 Å². The van der Waals surface area contributed by atoms with E-state index in [4.69, 9.17) is 11.6 Å². The van der Waals surface area contributed by atoms with E-state index in [1.807, 2.05) is 27.7 Å². The number of benzene rings is 1. The third-order valence-corrected chi connectivity index (χ3v) is 7.09. The van der Waals surface area contributed by atoms with Crippen molar-refractivity contribution >= 4 is 29.4 Å². The molecule has 0 spiro atoms. The van der Waals surface area contributed by atoms with Crippen LogP contribution in [0.4, 0.5) is 9.18 Å². The fraction of sp³-hybridized carbons (Fsp3) is 0.609. The first-order valence-corrected chi connectivity index (χ1v) is 11.9. The van der Waals surface area contributed by atoms with Gasteiger partial charge in [0.15, 0.2) is 6.29 Å². The van der Waals surface area contributed by atoms with Gasteiger partial charge in [0.05, 0.1) is 12.5 Å². The van der Waals surface area contributed by atoms with Crippen molar-refractivity contribution in [1.29, 1.82) is 0 Å². The van der Waals surface area contributed by atoms with Crippen molar-refractivity contribution in [2.45, 2.75) is 77.9 Å². The SMILES string of the molecule is CC(C)NC(=O)C1CCC2C(=O)N(C(C)C)C3NN(Cc4c(F)cccc4Cl)C(=O)N3C2C1. The minimum absolute atomic E-state index is 0.0171. The Hall–Kier alpha value is -2.39. The Morgan fingerprint density at radius 1 is 1.24 bits per heavy atom. The van der Waals surface area contributed by atoms with Crippen LogP contribution in [-0.4, -0.2) is 57.1 Å². The van der Waals surface area contributed by atoms with E-state index in [-0.39, 0.29) is 58.9 Å². The van der Waals surface area contributed by atoms with Crippen LogP contribution in [0.25, 0.3) is 0 Å². The van der Waals surface area contributed by atoms with E-state index in [1.165, 1.54) is 17.1 Å². The second-order valence-corrected chi connectivity index (χ2v) is 10.1. The molecular formula is C23H31ClFN5O3. The number of nitrogens with zero attached hydrogens (tertiary/aromatic N) is 3. The van der Waals surface area contributed by atoms with Crippen molar-refractivity contribution in [3.63, 3.8) is 0 Å². The molecule has 4 unspecified atom stereocenters. The molecule has 1 aromatic carbocycles. The highest BCUT2D eigenvalue weighted by Gasteiger charge is 2.56. The molecule has 10 heteroatoms. The van der Waals surface area contributed by atoms with Gasteiger partial charge in [-0.3, -0.25) is 19.5 Å². The number of carbonyl (C=O) groups excluding carboxylic acids is 3. The third-order valence-electron chi connectivity index (χ3n) is 6.73. The lowest BCUT2D eigenvalue weighted by molar-refractivity contribution is -0.162. The summed E-state index contributed by atoms with van der Waals surface area (Å²) in [6, 6.07) is 3.50. The van der Waals surface area contributed by atoms with Crippen molar-refractivity contribution in [2.24, 2.45) is 11.8 Å². The number of fused-ring (bicyclic) bond motifs is 3. The number of carbonyl (C=O) groups is 3. The van der Waals surface area contributed by atoms with Gasteiger partial charge < -0.3 is 10.2 Å². The molecule has 180 valence electrons. The molecule has 8 nitrogen and oxygen atoms in total. The van der Waals surface area contributed by atoms with Gasteiger partial charge in [0.25, 0.3) is 0 Å². The van der Waals surface area contributed by atoms with Crippen molar-refractivity contribution < 1.29 is 18.8 Å². The third kappa shape index (κ3) is 4.28. The number of hydrogen-bond acceptors (Lipinski definition) is 4. The maximum Gasteiger partial charge on any atom is 0.337 e. The minimum atomic E-state index is -0.691. The van der Waals surface area contributed by atoms with E-state index >= 15 is 0 Å². The van der Waals surface area contributed by atoms with Crippen molar-refractivity contribution in [1.82, 2.24) is 25.6 Å². The maximum absolute atomic E-state index is 14.4. The van der Waals surface area contributed by atoms with Crippen LogP contribution in [-0.2, 0) is 16.1 Å². The van der Waals surface area contributed by atoms with Crippen LogP contribution in [0.1, 0.15) is 52.5 Å². The highest BCUT2D eigenvalue weighted by molar-refractivity contribution is 6.31. The van der Waals surface area contributed by atoms with Crippen LogP contribution in [0.5, 0.6) is 0 Å². The molecular weight excluding hydrogens is 449 g/mol. The fourth-order valence-corrected chi connectivity index (χ4v) is 5.43. The van der Waals surface area contributed by atoms with E-state index in [9.17, 15) is 18.8 Å². The van der Waals surface area contributed by atoms with E-state index in [2.05, 4.69) is 10.7 Å². The van der Waals surface area contributed by atoms with Crippen LogP contribution in [0.2, 0.25) is 5.02 Å². The van der Waals surface area contributed by atoms with Crippen molar-refractivity contribution in [3.05, 3.63) is 34.6 Å². The van der Waals surface area contributed by atoms with Gasteiger partial charge in [-0.05, 0) is 59.1 Å². The standard InChI is InChI=1S/C23H31ClFN5O3/c1-12(2)26-20(31)14-8-9-15-19(10-14)30-22(29(13(3)4)21(15)32)27-28(23(30)33)11-16-17(24)6-5-7-18(16)25/h5-7,12-15,19,22,27H,8-11H2,1-4H3,(H,26,31). The first kappa shape index (κ1) is 23.8.